The predicted molar refractivity (Wildman–Crippen MR) is 152 cm³/mol. The van der Waals surface area contributed by atoms with Crippen molar-refractivity contribution in [2.24, 2.45) is 13.0 Å². The zero-order chi connectivity index (χ0) is 29.6. The van der Waals surface area contributed by atoms with Crippen molar-refractivity contribution in [1.29, 1.82) is 0 Å². The molecule has 1 aromatic heterocycles. The van der Waals surface area contributed by atoms with E-state index in [1.807, 2.05) is 37.8 Å². The van der Waals surface area contributed by atoms with Crippen LogP contribution in [0.1, 0.15) is 49.5 Å². The average molecular weight is 566 g/mol. The van der Waals surface area contributed by atoms with Crippen LogP contribution in [0.2, 0.25) is 0 Å². The first-order valence-electron chi connectivity index (χ1n) is 14.0. The number of aromatic nitrogens is 1. The van der Waals surface area contributed by atoms with Crippen LogP contribution in [0, 0.1) is 11.7 Å². The minimum Gasteiger partial charge on any atom is -0.408 e. The van der Waals surface area contributed by atoms with Gasteiger partial charge in [-0.2, -0.15) is 0 Å². The largest absolute Gasteiger partial charge is 0.419 e. The van der Waals surface area contributed by atoms with Gasteiger partial charge in [0.25, 0.3) is 5.91 Å². The number of rotatable bonds is 6. The van der Waals surface area contributed by atoms with E-state index in [0.29, 0.717) is 50.1 Å². The first-order chi connectivity index (χ1) is 19.5. The van der Waals surface area contributed by atoms with Gasteiger partial charge in [-0.1, -0.05) is 26.8 Å². The Kier molecular flexibility index (Phi) is 7.39. The lowest BCUT2D eigenvalue weighted by molar-refractivity contribution is -0.139. The molecule has 3 heterocycles. The molecule has 2 saturated heterocycles. The van der Waals surface area contributed by atoms with Crippen LogP contribution in [0.15, 0.2) is 45.6 Å². The Hall–Kier alpha value is -4.15. The molecular formula is C30H36FN5O5. The Labute approximate surface area is 237 Å². The van der Waals surface area contributed by atoms with Gasteiger partial charge in [-0.05, 0) is 61.1 Å². The van der Waals surface area contributed by atoms with Gasteiger partial charge in [0.2, 0.25) is 11.8 Å². The van der Waals surface area contributed by atoms with Gasteiger partial charge in [0.15, 0.2) is 5.58 Å². The fraction of sp³-hybridized carbons (Fsp3) is 0.467. The molecule has 0 aliphatic carbocycles. The third kappa shape index (κ3) is 4.87. The van der Waals surface area contributed by atoms with E-state index in [1.165, 1.54) is 16.7 Å². The predicted octanol–water partition coefficient (Wildman–Crippen LogP) is 2.88. The molecule has 2 fully saturated rings. The van der Waals surface area contributed by atoms with Gasteiger partial charge in [0, 0.05) is 32.9 Å². The second kappa shape index (κ2) is 10.7. The molecule has 2 aromatic carbocycles. The van der Waals surface area contributed by atoms with Gasteiger partial charge in [-0.25, -0.2) is 9.18 Å². The van der Waals surface area contributed by atoms with E-state index < -0.39 is 29.1 Å². The molecule has 2 aliphatic heterocycles. The first-order valence-corrected chi connectivity index (χ1v) is 14.0. The maximum Gasteiger partial charge on any atom is 0.419 e. The number of aryl methyl sites for hydroxylation is 2. The van der Waals surface area contributed by atoms with Crippen LogP contribution in [0.5, 0.6) is 0 Å². The average Bonchev–Trinajstić information content (AvgIpc) is 3.38. The van der Waals surface area contributed by atoms with Crippen molar-refractivity contribution in [2.45, 2.75) is 51.6 Å². The number of hydrogen-bond donors (Lipinski definition) is 1. The van der Waals surface area contributed by atoms with E-state index >= 15 is 0 Å². The highest BCUT2D eigenvalue weighted by atomic mass is 19.1. The Morgan fingerprint density at radius 3 is 2.44 bits per heavy atom. The summed E-state index contributed by atoms with van der Waals surface area (Å²) in [5, 5.41) is 2.77. The number of nitrogens with zero attached hydrogens (tertiary/aromatic N) is 4. The number of piperidine rings is 1. The summed E-state index contributed by atoms with van der Waals surface area (Å²) < 4.78 is 21.2. The number of anilines is 1. The summed E-state index contributed by atoms with van der Waals surface area (Å²) in [4.78, 5) is 57.6. The third-order valence-electron chi connectivity index (χ3n) is 8.51. The van der Waals surface area contributed by atoms with Crippen LogP contribution < -0.4 is 16.0 Å². The smallest absolute Gasteiger partial charge is 0.408 e. The second-order valence-electron chi connectivity index (χ2n) is 11.4. The van der Waals surface area contributed by atoms with Gasteiger partial charge in [-0.3, -0.25) is 19.0 Å². The fourth-order valence-corrected chi connectivity index (χ4v) is 5.97. The molecule has 1 N–H and O–H groups in total. The van der Waals surface area contributed by atoms with Crippen LogP contribution in [-0.2, 0) is 23.1 Å². The fourth-order valence-electron chi connectivity index (χ4n) is 5.97. The Balaban J connectivity index is 1.35. The molecule has 1 spiro atoms. The number of amides is 3. The van der Waals surface area contributed by atoms with E-state index in [0.717, 1.165) is 11.3 Å². The summed E-state index contributed by atoms with van der Waals surface area (Å²) in [6.45, 7) is 6.61. The SMILES string of the molecule is CCc1ccc(F)c(C(=O)NC(C(=O)N2CCC3(CC2)C(=O)N(C)CN3c2ccc3oc(=O)n(C)c3c2)C(C)C)c1. The van der Waals surface area contributed by atoms with E-state index in [-0.39, 0.29) is 23.3 Å². The van der Waals surface area contributed by atoms with Crippen molar-refractivity contribution in [2.75, 3.05) is 31.7 Å². The number of fused-ring (bicyclic) bond motifs is 1. The molecule has 3 amide bonds. The minimum atomic E-state index is -0.845. The molecule has 11 heteroatoms. The van der Waals surface area contributed by atoms with Gasteiger partial charge in [-0.15, -0.1) is 0 Å². The Bertz CT molecular complexity index is 1570. The van der Waals surface area contributed by atoms with E-state index in [9.17, 15) is 23.6 Å². The quantitative estimate of drug-likeness (QED) is 0.493. The number of oxazole rings is 1. The highest BCUT2D eigenvalue weighted by Crippen LogP contribution is 2.40. The van der Waals surface area contributed by atoms with Crippen molar-refractivity contribution in [3.63, 3.8) is 0 Å². The lowest BCUT2D eigenvalue weighted by Crippen LogP contribution is -2.60. The molecule has 41 heavy (non-hydrogen) atoms. The van der Waals surface area contributed by atoms with Gasteiger partial charge >= 0.3 is 5.76 Å². The second-order valence-corrected chi connectivity index (χ2v) is 11.4. The number of likely N-dealkylation sites (N-methyl/N-ethyl adjacent to an activating group) is 1. The molecule has 3 aromatic rings. The molecule has 0 saturated carbocycles. The van der Waals surface area contributed by atoms with E-state index in [2.05, 4.69) is 5.32 Å². The molecule has 10 nitrogen and oxygen atoms in total. The number of benzene rings is 2. The first kappa shape index (κ1) is 28.4. The van der Waals surface area contributed by atoms with E-state index in [4.69, 9.17) is 4.42 Å². The van der Waals surface area contributed by atoms with Crippen LogP contribution in [0.3, 0.4) is 0 Å². The minimum absolute atomic E-state index is 0.0224. The number of hydrogen-bond acceptors (Lipinski definition) is 6. The molecule has 218 valence electrons. The lowest BCUT2D eigenvalue weighted by Gasteiger charge is -2.44. The summed E-state index contributed by atoms with van der Waals surface area (Å²) in [5.41, 5.74) is 1.79. The highest BCUT2D eigenvalue weighted by Gasteiger charge is 2.53. The van der Waals surface area contributed by atoms with Crippen molar-refractivity contribution >= 4 is 34.5 Å². The molecular weight excluding hydrogens is 529 g/mol. The van der Waals surface area contributed by atoms with Gasteiger partial charge in [0.05, 0.1) is 17.7 Å². The van der Waals surface area contributed by atoms with Crippen molar-refractivity contribution in [3.8, 4) is 0 Å². The molecule has 5 rings (SSSR count). The normalized spacial score (nSPS) is 17.6. The topological polar surface area (TPSA) is 108 Å². The maximum absolute atomic E-state index is 14.5. The summed E-state index contributed by atoms with van der Waals surface area (Å²) >= 11 is 0. The van der Waals surface area contributed by atoms with Crippen molar-refractivity contribution in [3.05, 3.63) is 63.9 Å². The van der Waals surface area contributed by atoms with Crippen molar-refractivity contribution < 1.29 is 23.2 Å². The zero-order valence-corrected chi connectivity index (χ0v) is 24.1. The van der Waals surface area contributed by atoms with E-state index in [1.54, 1.807) is 36.0 Å². The maximum atomic E-state index is 14.5. The number of carbonyl (C=O) groups is 3. The molecule has 1 unspecified atom stereocenters. The highest BCUT2D eigenvalue weighted by molar-refractivity contribution is 5.98. The summed E-state index contributed by atoms with van der Waals surface area (Å²) in [5.74, 6) is -2.22. The number of likely N-dealkylation sites (tertiary alicyclic amines) is 1. The monoisotopic (exact) mass is 565 g/mol. The van der Waals surface area contributed by atoms with Crippen LogP contribution in [-0.4, -0.2) is 70.5 Å². The Morgan fingerprint density at radius 2 is 1.78 bits per heavy atom. The number of carbonyl (C=O) groups excluding carboxylic acids is 3. The molecule has 0 radical (unpaired) electrons. The van der Waals surface area contributed by atoms with Gasteiger partial charge < -0.3 is 24.4 Å². The number of halogens is 1. The Morgan fingerprint density at radius 1 is 1.07 bits per heavy atom. The summed E-state index contributed by atoms with van der Waals surface area (Å²) in [6.07, 6.45) is 1.45. The molecule has 0 bridgehead atoms. The summed E-state index contributed by atoms with van der Waals surface area (Å²) in [7, 11) is 3.39. The molecule has 2 aliphatic rings. The van der Waals surface area contributed by atoms with Crippen LogP contribution >= 0.6 is 0 Å². The lowest BCUT2D eigenvalue weighted by atomic mass is 9.85. The molecule has 1 atom stereocenters. The van der Waals surface area contributed by atoms with Crippen LogP contribution in [0.25, 0.3) is 11.1 Å². The van der Waals surface area contributed by atoms with Gasteiger partial charge in [0.1, 0.15) is 17.4 Å². The van der Waals surface area contributed by atoms with Crippen LogP contribution in [0.4, 0.5) is 10.1 Å². The standard InChI is InChI=1S/C30H36FN5O5/c1-6-19-7-9-22(31)21(15-19)26(37)32-25(18(2)3)27(38)35-13-11-30(12-14-35)28(39)33(4)17-36(30)20-8-10-24-23(16-20)34(5)29(40)41-24/h7-10,15-16,18,25H,6,11-14,17H2,1-5H3,(H,32,37). The van der Waals surface area contributed by atoms with Crippen molar-refractivity contribution in [1.82, 2.24) is 19.7 Å². The zero-order valence-electron chi connectivity index (χ0n) is 24.1. The summed E-state index contributed by atoms with van der Waals surface area (Å²) in [6, 6.07) is 9.01. The third-order valence-corrected chi connectivity index (χ3v) is 8.51. The number of nitrogens with one attached hydrogen (secondary N) is 1.